The van der Waals surface area contributed by atoms with Crippen molar-refractivity contribution in [3.8, 4) is 0 Å². The quantitative estimate of drug-likeness (QED) is 0.497. The molecule has 0 aromatic heterocycles. The van der Waals surface area contributed by atoms with Crippen LogP contribution in [0.1, 0.15) is 6.92 Å². The molecule has 0 amide bonds. The van der Waals surface area contributed by atoms with Gasteiger partial charge in [0.05, 0.1) is 0 Å². The smallest absolute Gasteiger partial charge is 0.130 e. The minimum atomic E-state index is 1.03. The summed E-state index contributed by atoms with van der Waals surface area (Å²) in [7, 11) is 3.14. The Balaban J connectivity index is 2.71. The second kappa shape index (κ2) is 4.28. The fourth-order valence-corrected chi connectivity index (χ4v) is 1.63. The number of hydrogen-bond donors (Lipinski definition) is 0. The fourth-order valence-electron chi connectivity index (χ4n) is 1.05. The zero-order valence-corrected chi connectivity index (χ0v) is 9.99. The van der Waals surface area contributed by atoms with Crippen molar-refractivity contribution in [1.29, 1.82) is 0 Å². The molecule has 2 nitrogen and oxygen atoms in total. The molecule has 0 aliphatic heterocycles. The highest BCUT2D eigenvalue weighted by molar-refractivity contribution is 6.17. The van der Waals surface area contributed by atoms with E-state index in [0.29, 0.717) is 0 Å². The summed E-state index contributed by atoms with van der Waals surface area (Å²) < 4.78 is 2.28. The van der Waals surface area contributed by atoms with E-state index in [1.807, 2.05) is 6.07 Å². The molecule has 0 unspecified atom stereocenters. The van der Waals surface area contributed by atoms with E-state index < -0.39 is 0 Å². The SMILES string of the molecule is CCN(C)N([SiH3])c1ccccc1. The first-order valence-electron chi connectivity index (χ1n) is 4.25. The van der Waals surface area contributed by atoms with Crippen LogP contribution in [-0.2, 0) is 0 Å². The second-order valence-electron chi connectivity index (χ2n) is 2.83. The summed E-state index contributed by atoms with van der Waals surface area (Å²) in [5.41, 5.74) is 1.29. The average Bonchev–Trinajstić information content (AvgIpc) is 2.17. The maximum atomic E-state index is 2.28. The highest BCUT2D eigenvalue weighted by atomic mass is 28.2. The van der Waals surface area contributed by atoms with Crippen molar-refractivity contribution in [2.24, 2.45) is 0 Å². The van der Waals surface area contributed by atoms with Gasteiger partial charge in [-0.1, -0.05) is 25.1 Å². The lowest BCUT2D eigenvalue weighted by Gasteiger charge is -2.29. The number of hydrazine groups is 1. The molecule has 0 heterocycles. The van der Waals surface area contributed by atoms with Crippen LogP contribution < -0.4 is 4.67 Å². The van der Waals surface area contributed by atoms with Gasteiger partial charge in [-0.15, -0.1) is 0 Å². The Labute approximate surface area is 77.3 Å². The van der Waals surface area contributed by atoms with Gasteiger partial charge in [0.25, 0.3) is 0 Å². The third-order valence-electron chi connectivity index (χ3n) is 2.10. The van der Waals surface area contributed by atoms with Crippen molar-refractivity contribution < 1.29 is 0 Å². The minimum absolute atomic E-state index is 1.03. The molecule has 0 saturated carbocycles. The van der Waals surface area contributed by atoms with Crippen LogP contribution >= 0.6 is 0 Å². The summed E-state index contributed by atoms with van der Waals surface area (Å²) >= 11 is 0. The van der Waals surface area contributed by atoms with E-state index in [4.69, 9.17) is 0 Å². The Morgan fingerprint density at radius 2 is 1.83 bits per heavy atom. The summed E-state index contributed by atoms with van der Waals surface area (Å²) in [6.45, 7) is 3.21. The lowest BCUT2D eigenvalue weighted by Crippen LogP contribution is -2.37. The summed E-state index contributed by atoms with van der Waals surface area (Å²) in [6, 6.07) is 10.5. The van der Waals surface area contributed by atoms with Crippen molar-refractivity contribution in [2.45, 2.75) is 6.92 Å². The molecule has 0 atom stereocenters. The Morgan fingerprint density at radius 3 is 2.33 bits per heavy atom. The maximum Gasteiger partial charge on any atom is 0.130 e. The van der Waals surface area contributed by atoms with Crippen molar-refractivity contribution in [3.63, 3.8) is 0 Å². The monoisotopic (exact) mass is 180 g/mol. The lowest BCUT2D eigenvalue weighted by molar-refractivity contribution is 0.379. The Kier molecular flexibility index (Phi) is 3.31. The second-order valence-corrected chi connectivity index (χ2v) is 3.68. The van der Waals surface area contributed by atoms with Gasteiger partial charge in [-0.25, -0.2) is 5.01 Å². The van der Waals surface area contributed by atoms with Crippen LogP contribution in [0.2, 0.25) is 0 Å². The normalized spacial score (nSPS) is 10.6. The third kappa shape index (κ3) is 2.09. The van der Waals surface area contributed by atoms with Crippen molar-refractivity contribution in [1.82, 2.24) is 5.01 Å². The fraction of sp³-hybridized carbons (Fsp3) is 0.333. The molecule has 0 radical (unpaired) electrons. The number of rotatable bonds is 3. The molecule has 0 aliphatic rings. The van der Waals surface area contributed by atoms with Crippen LogP contribution in [0.4, 0.5) is 5.69 Å². The van der Waals surface area contributed by atoms with Gasteiger partial charge in [0.1, 0.15) is 10.4 Å². The van der Waals surface area contributed by atoms with E-state index in [9.17, 15) is 0 Å². The topological polar surface area (TPSA) is 6.48 Å². The molecular formula is C9H16N2Si. The molecule has 0 saturated heterocycles. The van der Waals surface area contributed by atoms with Gasteiger partial charge >= 0.3 is 0 Å². The van der Waals surface area contributed by atoms with E-state index in [2.05, 4.69) is 47.9 Å². The summed E-state index contributed by atoms with van der Waals surface area (Å²) in [6.07, 6.45) is 0. The minimum Gasteiger partial charge on any atom is -0.345 e. The number of nitrogens with zero attached hydrogens (tertiary/aromatic N) is 2. The zero-order chi connectivity index (χ0) is 8.97. The van der Waals surface area contributed by atoms with E-state index in [1.165, 1.54) is 5.69 Å². The van der Waals surface area contributed by atoms with Crippen LogP contribution in [0, 0.1) is 0 Å². The predicted octanol–water partition coefficient (Wildman–Crippen LogP) is 0.640. The van der Waals surface area contributed by atoms with E-state index in [1.54, 1.807) is 0 Å². The molecule has 0 bridgehead atoms. The zero-order valence-electron chi connectivity index (χ0n) is 7.99. The highest BCUT2D eigenvalue weighted by Crippen LogP contribution is 2.11. The molecule has 12 heavy (non-hydrogen) atoms. The van der Waals surface area contributed by atoms with Gasteiger partial charge in [-0.05, 0) is 12.1 Å². The first-order valence-corrected chi connectivity index (χ1v) is 5.15. The van der Waals surface area contributed by atoms with Crippen molar-refractivity contribution >= 4 is 16.1 Å². The largest absolute Gasteiger partial charge is 0.345 e. The molecule has 66 valence electrons. The standard InChI is InChI=1S/C9H16N2Si/c1-3-10(2)11(12)9-7-5-4-6-8-9/h4-8H,3H2,1-2,12H3. The lowest BCUT2D eigenvalue weighted by atomic mass is 10.3. The van der Waals surface area contributed by atoms with Crippen LogP contribution in [0.15, 0.2) is 30.3 Å². The van der Waals surface area contributed by atoms with Gasteiger partial charge in [0.15, 0.2) is 0 Å². The van der Waals surface area contributed by atoms with Crippen LogP contribution in [0.3, 0.4) is 0 Å². The first kappa shape index (κ1) is 9.29. The predicted molar refractivity (Wildman–Crippen MR) is 57.2 cm³/mol. The molecular weight excluding hydrogens is 164 g/mol. The van der Waals surface area contributed by atoms with E-state index in [0.717, 1.165) is 16.9 Å². The number of anilines is 1. The Hall–Kier alpha value is -0.803. The molecule has 1 aromatic rings. The Morgan fingerprint density at radius 1 is 1.25 bits per heavy atom. The van der Waals surface area contributed by atoms with Crippen LogP contribution in [-0.4, -0.2) is 29.0 Å². The average molecular weight is 180 g/mol. The van der Waals surface area contributed by atoms with Gasteiger partial charge < -0.3 is 4.67 Å². The Bertz CT molecular complexity index is 225. The number of para-hydroxylation sites is 1. The summed E-state index contributed by atoms with van der Waals surface area (Å²) in [4.78, 5) is 0. The molecule has 0 aliphatic carbocycles. The number of hydrogen-bond acceptors (Lipinski definition) is 2. The number of benzene rings is 1. The third-order valence-corrected chi connectivity index (χ3v) is 3.30. The van der Waals surface area contributed by atoms with Crippen molar-refractivity contribution in [2.75, 3.05) is 18.3 Å². The molecule has 3 heteroatoms. The summed E-state index contributed by atoms with van der Waals surface area (Å²) in [5.74, 6) is 0. The molecule has 1 aromatic carbocycles. The molecule has 1 rings (SSSR count). The van der Waals surface area contributed by atoms with E-state index in [-0.39, 0.29) is 0 Å². The molecule has 0 N–H and O–H groups in total. The van der Waals surface area contributed by atoms with Crippen LogP contribution in [0.5, 0.6) is 0 Å². The van der Waals surface area contributed by atoms with Gasteiger partial charge in [0.2, 0.25) is 0 Å². The molecule has 0 fully saturated rings. The van der Waals surface area contributed by atoms with Gasteiger partial charge in [-0.3, -0.25) is 0 Å². The van der Waals surface area contributed by atoms with Crippen LogP contribution in [0.25, 0.3) is 0 Å². The summed E-state index contributed by atoms with van der Waals surface area (Å²) in [5, 5.41) is 2.22. The molecule has 0 spiro atoms. The van der Waals surface area contributed by atoms with E-state index >= 15 is 0 Å². The first-order chi connectivity index (χ1) is 5.75. The van der Waals surface area contributed by atoms with Gasteiger partial charge in [-0.2, -0.15) is 0 Å². The van der Waals surface area contributed by atoms with Crippen molar-refractivity contribution in [3.05, 3.63) is 30.3 Å². The maximum absolute atomic E-state index is 2.28. The highest BCUT2D eigenvalue weighted by Gasteiger charge is 2.01. The van der Waals surface area contributed by atoms with Gasteiger partial charge in [0, 0.05) is 19.3 Å².